The van der Waals surface area contributed by atoms with Gasteiger partial charge in [0.25, 0.3) is 0 Å². The highest BCUT2D eigenvalue weighted by atomic mass is 32.2. The van der Waals surface area contributed by atoms with Crippen molar-refractivity contribution in [3.05, 3.63) is 251 Å². The van der Waals surface area contributed by atoms with Crippen molar-refractivity contribution in [3.63, 3.8) is 0 Å². The van der Waals surface area contributed by atoms with Crippen LogP contribution in [0.2, 0.25) is 0 Å². The van der Waals surface area contributed by atoms with Crippen molar-refractivity contribution < 1.29 is 111 Å². The number of aryl methyl sites for hydroxylation is 2. The fourth-order valence-electron chi connectivity index (χ4n) is 14.0. The smallest absolute Gasteiger partial charge is 0.508 e. The monoisotopic (exact) mass is 1750 g/mol. The topological polar surface area (TPSA) is 252 Å². The first kappa shape index (κ1) is 97.1. The molecule has 0 amide bonds. The Balaban J connectivity index is 0.000000166. The first-order valence-corrected chi connectivity index (χ1v) is 43.0. The number of benzene rings is 11. The number of methoxy groups -OCH3 is 4. The summed E-state index contributed by atoms with van der Waals surface area (Å²) in [6.45, 7) is 32.3. The van der Waals surface area contributed by atoms with Crippen LogP contribution in [0.4, 0.5) is 13.2 Å². The van der Waals surface area contributed by atoms with Gasteiger partial charge in [0.15, 0.2) is 24.4 Å². The molecule has 26 heteroatoms. The minimum Gasteiger partial charge on any atom is -0.508 e. The third-order valence-electron chi connectivity index (χ3n) is 20.6. The van der Waals surface area contributed by atoms with Crippen LogP contribution in [0.5, 0.6) is 28.7 Å². The van der Waals surface area contributed by atoms with Gasteiger partial charge in [-0.05, 0) is 280 Å². The summed E-state index contributed by atoms with van der Waals surface area (Å²) in [6, 6.07) is 66.6. The summed E-state index contributed by atoms with van der Waals surface area (Å²) in [7, 11) is -1.09. The average Bonchev–Trinajstić information content (AvgIpc) is 1.67. The van der Waals surface area contributed by atoms with Crippen LogP contribution >= 0.6 is 0 Å². The van der Waals surface area contributed by atoms with Crippen LogP contribution in [0, 0.1) is 0 Å². The second-order valence-corrected chi connectivity index (χ2v) is 37.0. The van der Waals surface area contributed by atoms with E-state index in [4.69, 9.17) is 56.7 Å². The van der Waals surface area contributed by atoms with E-state index >= 15 is 0 Å². The Hall–Kier alpha value is -11.1. The van der Waals surface area contributed by atoms with E-state index in [1.54, 1.807) is 57.2 Å². The fourth-order valence-corrected chi connectivity index (χ4v) is 14.5. The summed E-state index contributed by atoms with van der Waals surface area (Å²) >= 11 is 0. The second-order valence-electron chi connectivity index (χ2n) is 35.5. The van der Waals surface area contributed by atoms with Gasteiger partial charge in [0, 0.05) is 22.3 Å². The molecule has 670 valence electrons. The van der Waals surface area contributed by atoms with Gasteiger partial charge in [0.2, 0.25) is 0 Å². The van der Waals surface area contributed by atoms with E-state index in [0.717, 1.165) is 124 Å². The van der Waals surface area contributed by atoms with Gasteiger partial charge in [-0.15, -0.1) is 0 Å². The fraction of sp³-hybridized carbons (Fsp3) is 0.380. The van der Waals surface area contributed by atoms with E-state index in [1.807, 2.05) is 190 Å². The molecule has 0 aromatic heterocycles. The molecule has 1 saturated heterocycles. The molecule has 1 fully saturated rings. The van der Waals surface area contributed by atoms with Crippen LogP contribution in [0.1, 0.15) is 187 Å². The number of hydrogen-bond donors (Lipinski definition) is 1. The molecule has 1 N–H and O–H groups in total. The lowest BCUT2D eigenvalue weighted by Gasteiger charge is -2.32. The normalized spacial score (nSPS) is 15.2. The summed E-state index contributed by atoms with van der Waals surface area (Å²) in [5.74, 6) is -0.381. The van der Waals surface area contributed by atoms with Crippen molar-refractivity contribution in [1.82, 2.24) is 0 Å². The summed E-state index contributed by atoms with van der Waals surface area (Å²) in [4.78, 5) is 49.6. The van der Waals surface area contributed by atoms with E-state index in [2.05, 4.69) is 73.0 Å². The van der Waals surface area contributed by atoms with Gasteiger partial charge < -0.3 is 70.7 Å². The highest BCUT2D eigenvalue weighted by molar-refractivity contribution is 7.88. The van der Waals surface area contributed by atoms with Crippen LogP contribution in [-0.4, -0.2) is 125 Å². The Bertz CT molecular complexity index is 5750. The third-order valence-corrected chi connectivity index (χ3v) is 21.6. The molecule has 0 bridgehead atoms. The number of hydrogen-bond acceptors (Lipinski definition) is 21. The first-order valence-electron chi connectivity index (χ1n) is 41.6. The highest BCUT2D eigenvalue weighted by Crippen LogP contribution is 2.44. The molecule has 0 aliphatic carbocycles. The predicted octanol–water partition coefficient (Wildman–Crippen LogP) is 21.3. The van der Waals surface area contributed by atoms with Gasteiger partial charge in [-0.25, -0.2) is 19.2 Å². The Morgan fingerprint density at radius 2 is 0.762 bits per heavy atom. The molecule has 14 rings (SSSR count). The number of fused-ring (bicyclic) bond motifs is 6. The lowest BCUT2D eigenvalue weighted by molar-refractivity contribution is -0.164. The molecule has 0 spiro atoms. The molecule has 21 nitrogen and oxygen atoms in total. The van der Waals surface area contributed by atoms with E-state index in [0.29, 0.717) is 34.3 Å². The maximum atomic E-state index is 12.8. The van der Waals surface area contributed by atoms with Gasteiger partial charge in [-0.2, -0.15) is 21.6 Å². The zero-order valence-corrected chi connectivity index (χ0v) is 76.0. The van der Waals surface area contributed by atoms with Gasteiger partial charge >= 0.3 is 46.6 Å². The number of carbonyl (C=O) groups is 4. The first-order chi connectivity index (χ1) is 59.2. The molecule has 4 atom stereocenters. The van der Waals surface area contributed by atoms with E-state index in [9.17, 15) is 45.9 Å². The lowest BCUT2D eigenvalue weighted by Crippen LogP contribution is -2.41. The number of phenols is 1. The molecule has 3 aliphatic heterocycles. The molecule has 126 heavy (non-hydrogen) atoms. The van der Waals surface area contributed by atoms with E-state index in [1.165, 1.54) is 38.5 Å². The van der Waals surface area contributed by atoms with Crippen LogP contribution in [-0.2, 0) is 95.9 Å². The number of carbonyl (C=O) groups excluding carboxylic acids is 4. The zero-order valence-electron chi connectivity index (χ0n) is 75.2. The van der Waals surface area contributed by atoms with Gasteiger partial charge in [-0.3, -0.25) is 0 Å². The van der Waals surface area contributed by atoms with Crippen molar-refractivity contribution in [3.8, 4) is 39.9 Å². The summed E-state index contributed by atoms with van der Waals surface area (Å²) in [6.07, 6.45) is 0.00170. The lowest BCUT2D eigenvalue weighted by atomic mass is 9.78. The quantitative estimate of drug-likeness (QED) is 0.0260. The summed E-state index contributed by atoms with van der Waals surface area (Å²) in [5, 5.41) is 17.2. The van der Waals surface area contributed by atoms with Gasteiger partial charge in [-0.1, -0.05) is 146 Å². The second kappa shape index (κ2) is 40.7. The Morgan fingerprint density at radius 1 is 0.421 bits per heavy atom. The molecule has 3 aliphatic rings. The minimum absolute atomic E-state index is 0.0216. The number of alkyl halides is 3. The Labute approximate surface area is 736 Å². The maximum Gasteiger partial charge on any atom is 0.534 e. The summed E-state index contributed by atoms with van der Waals surface area (Å²) < 4.78 is 139. The number of esters is 4. The number of ether oxygens (including phenoxy) is 11. The molecular formula is C100H114BF3O21S. The maximum absolute atomic E-state index is 12.8. The van der Waals surface area contributed by atoms with E-state index < -0.39 is 92.1 Å². The van der Waals surface area contributed by atoms with Gasteiger partial charge in [0.05, 0.1) is 75.3 Å². The number of rotatable bonds is 19. The van der Waals surface area contributed by atoms with Crippen LogP contribution < -0.4 is 23.9 Å². The molecule has 0 saturated carbocycles. The Kier molecular flexibility index (Phi) is 31.4. The van der Waals surface area contributed by atoms with Crippen molar-refractivity contribution in [2.24, 2.45) is 0 Å². The van der Waals surface area contributed by atoms with Crippen molar-refractivity contribution in [1.29, 1.82) is 0 Å². The van der Waals surface area contributed by atoms with Crippen LogP contribution in [0.3, 0.4) is 0 Å². The predicted molar refractivity (Wildman–Crippen MR) is 481 cm³/mol. The number of phenolic OH excluding ortho intramolecular Hbond substituents is 1. The molecule has 4 unspecified atom stereocenters. The Morgan fingerprint density at radius 3 is 1.17 bits per heavy atom. The summed E-state index contributed by atoms with van der Waals surface area (Å²) in [5.41, 5.74) is -0.386. The molecule has 0 radical (unpaired) electrons. The number of aromatic hydroxyl groups is 1. The van der Waals surface area contributed by atoms with E-state index in [-0.39, 0.29) is 29.6 Å². The third kappa shape index (κ3) is 25.6. The largest absolute Gasteiger partial charge is 0.534 e. The van der Waals surface area contributed by atoms with Crippen LogP contribution in [0.15, 0.2) is 212 Å². The van der Waals surface area contributed by atoms with Crippen molar-refractivity contribution in [2.75, 3.05) is 41.7 Å². The molecular weight excluding hydrogens is 1640 g/mol. The minimum atomic E-state index is -5.96. The van der Waals surface area contributed by atoms with Crippen LogP contribution in [0.25, 0.3) is 54.2 Å². The van der Waals surface area contributed by atoms with Crippen molar-refractivity contribution >= 4 is 89.7 Å². The SMILES string of the molecule is CC1(C)OB(c2ccc3c(c2)CCCO3)OC1(C)C.COC(=O)C(OC(C)(C)C)c1cc2ccccc2cc1-c1ccc2c(c1)CCCO2.COC(=O)C(OC(C)(C)C)c1cc2ccccc2cc1O.COC(=O)C(OC(C)(C)C)c1cc2ccccc2cc1OCc1ccccc1.COC(=O)C(OC(C)(C)C)c1cc2ccccc2cc1OS(=O)(=O)C(F)(F)F. The molecule has 11 aromatic carbocycles. The number of halogens is 3. The zero-order chi connectivity index (χ0) is 92.1. The van der Waals surface area contributed by atoms with Gasteiger partial charge in [0.1, 0.15) is 35.4 Å². The molecule has 3 heterocycles. The standard InChI is InChI=1S/C26H28O4.C24H26O4.C18H19F3O6S.C17H20O4.C15H21BO3/c1-26(2,3)30-24(25(27)28-4)22-16-18-9-6-5-8-17(18)15-21(22)19-11-12-23-20(14-19)10-7-13-29-23;1-24(2,3)28-22(23(25)26-4)20-14-18-12-8-9-13-19(18)15-21(20)27-16-17-10-6-5-7-11-17;1-17(2,3)26-15(16(22)25-4)13-9-11-7-5-6-8-12(11)10-14(13)27-28(23,24)18(19,20)21;1-17(2,3)21-15(16(19)20-4)13-9-11-7-5-6-8-12(11)10-14(13)18;1-14(2)15(3,4)19-16(18-14)12-7-8-13-11(10-12)6-5-9-17-13/h5-6,8-9,11-12,14-16,24H,7,10,13H2,1-4H3;5-15,22H,16H2,1-4H3;5-10,15H,1-4H3;5-10,15,18H,1-4H3;7-8,10H,5-6,9H2,1-4H3. The van der Waals surface area contributed by atoms with Crippen molar-refractivity contribution in [2.45, 2.75) is 207 Å². The highest BCUT2D eigenvalue weighted by Gasteiger charge is 2.52. The molecule has 11 aromatic rings. The average molecular weight is 1750 g/mol.